The normalized spacial score (nSPS) is 15.6. The van der Waals surface area contributed by atoms with Gasteiger partial charge in [-0.25, -0.2) is 13.2 Å². The molecule has 0 unspecified atom stereocenters. The van der Waals surface area contributed by atoms with Crippen molar-refractivity contribution in [2.24, 2.45) is 0 Å². The molecular weight excluding hydrogens is 420 g/mol. The number of ether oxygens (including phenoxy) is 2. The first-order valence-electron chi connectivity index (χ1n) is 10.8. The Morgan fingerprint density at radius 2 is 1.61 bits per heavy atom. The molecule has 1 aromatic rings. The lowest BCUT2D eigenvalue weighted by Crippen LogP contribution is -2.44. The molecule has 9 heteroatoms. The molecule has 0 atom stereocenters. The first-order chi connectivity index (χ1) is 14.6. The van der Waals surface area contributed by atoms with Crippen LogP contribution < -0.4 is 4.74 Å². The van der Waals surface area contributed by atoms with Crippen molar-refractivity contribution in [1.82, 2.24) is 9.21 Å². The lowest BCUT2D eigenvalue weighted by atomic mass is 10.2. The molecule has 0 aromatic heterocycles. The number of methoxy groups -OCH3 is 1. The average Bonchev–Trinajstić information content (AvgIpc) is 3.01. The van der Waals surface area contributed by atoms with Crippen LogP contribution in [-0.4, -0.2) is 68.4 Å². The zero-order valence-corrected chi connectivity index (χ0v) is 19.9. The molecule has 0 radical (unpaired) electrons. The molecule has 2 rings (SSSR count). The van der Waals surface area contributed by atoms with Gasteiger partial charge < -0.3 is 14.4 Å². The number of hydrogen-bond donors (Lipinski definition) is 0. The zero-order valence-electron chi connectivity index (χ0n) is 19.1. The second-order valence-electron chi connectivity index (χ2n) is 8.25. The standard InChI is InChI=1S/C22H34N2O6S/c1-16(2)24(17(3)4)21(25)15-30-22(26)18-10-11-19(29-5)20(14-18)31(27,28)23-12-8-6-7-9-13-23/h10-11,14,16-17H,6-9,12-13,15H2,1-5H3. The highest BCUT2D eigenvalue weighted by molar-refractivity contribution is 7.89. The number of sulfonamides is 1. The molecule has 8 nitrogen and oxygen atoms in total. The minimum absolute atomic E-state index is 0.0300. The van der Waals surface area contributed by atoms with Gasteiger partial charge in [-0.05, 0) is 58.7 Å². The molecule has 31 heavy (non-hydrogen) atoms. The average molecular weight is 455 g/mol. The summed E-state index contributed by atoms with van der Waals surface area (Å²) in [6, 6.07) is 4.09. The van der Waals surface area contributed by atoms with E-state index in [0.29, 0.717) is 13.1 Å². The first-order valence-corrected chi connectivity index (χ1v) is 12.2. The summed E-state index contributed by atoms with van der Waals surface area (Å²) < 4.78 is 38.4. The number of esters is 1. The Bertz CT molecular complexity index is 866. The third kappa shape index (κ3) is 6.20. The van der Waals surface area contributed by atoms with Crippen LogP contribution in [0, 0.1) is 0 Å². The van der Waals surface area contributed by atoms with Crippen LogP contribution >= 0.6 is 0 Å². The van der Waals surface area contributed by atoms with Crippen molar-refractivity contribution in [1.29, 1.82) is 0 Å². The second-order valence-corrected chi connectivity index (χ2v) is 10.2. The van der Waals surface area contributed by atoms with Gasteiger partial charge >= 0.3 is 5.97 Å². The monoisotopic (exact) mass is 454 g/mol. The van der Waals surface area contributed by atoms with Crippen LogP contribution in [0.15, 0.2) is 23.1 Å². The summed E-state index contributed by atoms with van der Waals surface area (Å²) in [6.07, 6.45) is 3.59. The maximum atomic E-state index is 13.2. The quantitative estimate of drug-likeness (QED) is 0.561. The van der Waals surface area contributed by atoms with E-state index in [1.54, 1.807) is 4.90 Å². The third-order valence-corrected chi connectivity index (χ3v) is 7.23. The van der Waals surface area contributed by atoms with Crippen molar-refractivity contribution in [3.63, 3.8) is 0 Å². The van der Waals surface area contributed by atoms with Crippen LogP contribution in [0.25, 0.3) is 0 Å². The SMILES string of the molecule is COc1ccc(C(=O)OCC(=O)N(C(C)C)C(C)C)cc1S(=O)(=O)N1CCCCCC1. The summed E-state index contributed by atoms with van der Waals surface area (Å²) in [4.78, 5) is 26.6. The molecule has 0 spiro atoms. The number of benzene rings is 1. The Hall–Kier alpha value is -2.13. The van der Waals surface area contributed by atoms with Gasteiger partial charge in [0.15, 0.2) is 6.61 Å². The molecule has 0 bridgehead atoms. The Kier molecular flexibility index (Phi) is 8.88. The summed E-state index contributed by atoms with van der Waals surface area (Å²) >= 11 is 0. The molecule has 1 fully saturated rings. The molecule has 1 heterocycles. The summed E-state index contributed by atoms with van der Waals surface area (Å²) in [7, 11) is -2.44. The zero-order chi connectivity index (χ0) is 23.2. The Balaban J connectivity index is 2.23. The van der Waals surface area contributed by atoms with Gasteiger partial charge in [0.2, 0.25) is 10.0 Å². The summed E-state index contributed by atoms with van der Waals surface area (Å²) in [5.74, 6) is -0.886. The molecule has 0 aliphatic carbocycles. The summed E-state index contributed by atoms with van der Waals surface area (Å²) in [5, 5.41) is 0. The largest absolute Gasteiger partial charge is 0.495 e. The van der Waals surface area contributed by atoms with Crippen molar-refractivity contribution in [2.75, 3.05) is 26.8 Å². The van der Waals surface area contributed by atoms with Crippen LogP contribution in [0.1, 0.15) is 63.7 Å². The van der Waals surface area contributed by atoms with Gasteiger partial charge in [-0.3, -0.25) is 4.79 Å². The van der Waals surface area contributed by atoms with E-state index in [9.17, 15) is 18.0 Å². The fourth-order valence-corrected chi connectivity index (χ4v) is 5.58. The molecule has 1 aromatic carbocycles. The van der Waals surface area contributed by atoms with E-state index in [2.05, 4.69) is 0 Å². The lowest BCUT2D eigenvalue weighted by Gasteiger charge is -2.30. The fraction of sp³-hybridized carbons (Fsp3) is 0.636. The van der Waals surface area contributed by atoms with Gasteiger partial charge in [-0.15, -0.1) is 0 Å². The number of amides is 1. The van der Waals surface area contributed by atoms with Crippen LogP contribution in [0.3, 0.4) is 0 Å². The number of nitrogens with zero attached hydrogens (tertiary/aromatic N) is 2. The third-order valence-electron chi connectivity index (χ3n) is 5.31. The predicted molar refractivity (Wildman–Crippen MR) is 118 cm³/mol. The van der Waals surface area contributed by atoms with Gasteiger partial charge in [-0.2, -0.15) is 4.31 Å². The molecule has 0 saturated carbocycles. The molecule has 174 valence electrons. The molecule has 0 N–H and O–H groups in total. The predicted octanol–water partition coefficient (Wildman–Crippen LogP) is 3.06. The maximum Gasteiger partial charge on any atom is 0.338 e. The van der Waals surface area contributed by atoms with Crippen LogP contribution in [0.5, 0.6) is 5.75 Å². The summed E-state index contributed by atoms with van der Waals surface area (Å²) in [6.45, 7) is 8.04. The highest BCUT2D eigenvalue weighted by Crippen LogP contribution is 2.29. The van der Waals surface area contributed by atoms with Gasteiger partial charge in [0.25, 0.3) is 5.91 Å². The molecular formula is C22H34N2O6S. The van der Waals surface area contributed by atoms with E-state index in [4.69, 9.17) is 9.47 Å². The van der Waals surface area contributed by atoms with Crippen LogP contribution in [-0.2, 0) is 19.6 Å². The van der Waals surface area contributed by atoms with Crippen molar-refractivity contribution in [3.8, 4) is 5.75 Å². The molecule has 1 saturated heterocycles. The van der Waals surface area contributed by atoms with Crippen molar-refractivity contribution in [3.05, 3.63) is 23.8 Å². The van der Waals surface area contributed by atoms with Crippen molar-refractivity contribution >= 4 is 21.9 Å². The fourth-order valence-electron chi connectivity index (χ4n) is 3.88. The van der Waals surface area contributed by atoms with Crippen molar-refractivity contribution < 1.29 is 27.5 Å². The van der Waals surface area contributed by atoms with Gasteiger partial charge in [-0.1, -0.05) is 12.8 Å². The lowest BCUT2D eigenvalue weighted by molar-refractivity contribution is -0.138. The first kappa shape index (κ1) is 25.1. The van der Waals surface area contributed by atoms with Gasteiger partial charge in [0, 0.05) is 25.2 Å². The Morgan fingerprint density at radius 1 is 1.03 bits per heavy atom. The second kappa shape index (κ2) is 10.9. The highest BCUT2D eigenvalue weighted by Gasteiger charge is 2.30. The molecule has 1 aliphatic rings. The van der Waals surface area contributed by atoms with E-state index >= 15 is 0 Å². The van der Waals surface area contributed by atoms with Crippen molar-refractivity contribution in [2.45, 2.75) is 70.4 Å². The summed E-state index contributed by atoms with van der Waals surface area (Å²) in [5.41, 5.74) is 0.0580. The van der Waals surface area contributed by atoms with Crippen LogP contribution in [0.2, 0.25) is 0 Å². The molecule has 1 amide bonds. The minimum Gasteiger partial charge on any atom is -0.495 e. The van der Waals surface area contributed by atoms with Gasteiger partial charge in [0.1, 0.15) is 10.6 Å². The smallest absolute Gasteiger partial charge is 0.338 e. The van der Waals surface area contributed by atoms with E-state index < -0.39 is 22.6 Å². The Labute approximate surface area is 185 Å². The van der Waals surface area contributed by atoms with Crippen LogP contribution in [0.4, 0.5) is 0 Å². The van der Waals surface area contributed by atoms with E-state index in [-0.39, 0.29) is 34.2 Å². The topological polar surface area (TPSA) is 93.2 Å². The number of carbonyl (C=O) groups is 2. The van der Waals surface area contributed by atoms with E-state index in [1.807, 2.05) is 27.7 Å². The molecule has 1 aliphatic heterocycles. The Morgan fingerprint density at radius 3 is 2.13 bits per heavy atom. The number of carbonyl (C=O) groups excluding carboxylic acids is 2. The highest BCUT2D eigenvalue weighted by atomic mass is 32.2. The van der Waals surface area contributed by atoms with E-state index in [0.717, 1.165) is 25.7 Å². The van der Waals surface area contributed by atoms with E-state index in [1.165, 1.54) is 29.6 Å². The number of rotatable bonds is 8. The number of hydrogen-bond acceptors (Lipinski definition) is 6. The maximum absolute atomic E-state index is 13.2. The van der Waals surface area contributed by atoms with Gasteiger partial charge in [0.05, 0.1) is 12.7 Å². The minimum atomic E-state index is -3.83.